The summed E-state index contributed by atoms with van der Waals surface area (Å²) in [6.07, 6.45) is 0. The van der Waals surface area contributed by atoms with Crippen molar-refractivity contribution in [3.63, 3.8) is 0 Å². The molecule has 76 valence electrons. The van der Waals surface area contributed by atoms with Gasteiger partial charge in [-0.25, -0.2) is 0 Å². The van der Waals surface area contributed by atoms with Crippen molar-refractivity contribution >= 4 is 18.8 Å². The van der Waals surface area contributed by atoms with Crippen LogP contribution in [0.3, 0.4) is 0 Å². The van der Waals surface area contributed by atoms with Gasteiger partial charge in [-0.2, -0.15) is 0 Å². The number of carbonyl (C=O) groups excluding carboxylic acids is 1. The van der Waals surface area contributed by atoms with Gasteiger partial charge in [0.2, 0.25) is 5.91 Å². The molecular weight excluding hydrogens is 188 g/mol. The number of hydrogen-bond acceptors (Lipinski definition) is 4. The van der Waals surface area contributed by atoms with E-state index in [4.69, 9.17) is 4.18 Å². The maximum absolute atomic E-state index is 11.0. The number of nitrogens with zero attached hydrogens (tertiary/aromatic N) is 2. The van der Waals surface area contributed by atoms with E-state index in [0.717, 1.165) is 32.7 Å². The molecule has 1 fully saturated rings. The molecular formula is C8H16N2O2S. The zero-order valence-electron chi connectivity index (χ0n) is 7.90. The summed E-state index contributed by atoms with van der Waals surface area (Å²) in [4.78, 5) is 15.1. The minimum absolute atomic E-state index is 0.171. The molecule has 5 heteroatoms. The Bertz CT molecular complexity index is 170. The second-order valence-corrected chi connectivity index (χ2v) is 3.44. The van der Waals surface area contributed by atoms with Crippen LogP contribution in [0.2, 0.25) is 0 Å². The third-order valence-corrected chi connectivity index (χ3v) is 2.50. The molecule has 4 nitrogen and oxygen atoms in total. The summed E-state index contributed by atoms with van der Waals surface area (Å²) in [6, 6.07) is 0. The smallest absolute Gasteiger partial charge is 0.219 e. The van der Waals surface area contributed by atoms with Crippen molar-refractivity contribution in [3.8, 4) is 0 Å². The molecule has 1 rings (SSSR count). The van der Waals surface area contributed by atoms with Crippen LogP contribution in [-0.2, 0) is 8.98 Å². The third-order valence-electron chi connectivity index (χ3n) is 2.32. The predicted molar refractivity (Wildman–Crippen MR) is 53.6 cm³/mol. The summed E-state index contributed by atoms with van der Waals surface area (Å²) in [6.45, 7) is 6.71. The zero-order valence-corrected chi connectivity index (χ0v) is 8.80. The van der Waals surface area contributed by atoms with Crippen LogP contribution in [0.4, 0.5) is 0 Å². The van der Waals surface area contributed by atoms with E-state index in [1.165, 1.54) is 0 Å². The molecule has 0 aromatic heterocycles. The molecule has 1 amide bonds. The fourth-order valence-corrected chi connectivity index (χ4v) is 1.54. The standard InChI is InChI=1S/C8H16N2O2S/c1-8(11)10-4-2-9(3-5-10)6-7-12-13/h13H,2-7H2,1H3. The number of amides is 1. The molecule has 0 atom stereocenters. The second-order valence-electron chi connectivity index (χ2n) is 3.18. The molecule has 1 aliphatic rings. The maximum Gasteiger partial charge on any atom is 0.219 e. The van der Waals surface area contributed by atoms with Crippen LogP contribution in [0, 0.1) is 0 Å². The Morgan fingerprint density at radius 1 is 1.38 bits per heavy atom. The Labute approximate surface area is 84.4 Å². The molecule has 0 bridgehead atoms. The van der Waals surface area contributed by atoms with Crippen molar-refractivity contribution in [2.75, 3.05) is 39.3 Å². The topological polar surface area (TPSA) is 32.8 Å². The van der Waals surface area contributed by atoms with E-state index in [1.807, 2.05) is 4.90 Å². The fraction of sp³-hybridized carbons (Fsp3) is 0.875. The van der Waals surface area contributed by atoms with E-state index in [1.54, 1.807) is 6.92 Å². The van der Waals surface area contributed by atoms with Crippen LogP contribution in [0.5, 0.6) is 0 Å². The lowest BCUT2D eigenvalue weighted by atomic mass is 10.3. The highest BCUT2D eigenvalue weighted by Crippen LogP contribution is 2.01. The Morgan fingerprint density at radius 2 is 2.00 bits per heavy atom. The van der Waals surface area contributed by atoms with Crippen molar-refractivity contribution < 1.29 is 8.98 Å². The number of carbonyl (C=O) groups is 1. The second kappa shape index (κ2) is 5.47. The van der Waals surface area contributed by atoms with Gasteiger partial charge in [0, 0.05) is 39.6 Å². The number of rotatable bonds is 3. The zero-order chi connectivity index (χ0) is 9.68. The van der Waals surface area contributed by atoms with Gasteiger partial charge >= 0.3 is 0 Å². The average Bonchev–Trinajstić information content (AvgIpc) is 2.15. The van der Waals surface area contributed by atoms with Gasteiger partial charge in [0.25, 0.3) is 0 Å². The number of hydrogen-bond donors (Lipinski definition) is 1. The number of thiol groups is 1. The van der Waals surface area contributed by atoms with Gasteiger partial charge in [-0.3, -0.25) is 9.69 Å². The first-order valence-corrected chi connectivity index (χ1v) is 4.85. The Hall–Kier alpha value is -0.260. The van der Waals surface area contributed by atoms with Crippen molar-refractivity contribution in [1.82, 2.24) is 9.80 Å². The maximum atomic E-state index is 11.0. The molecule has 0 aliphatic carbocycles. The summed E-state index contributed by atoms with van der Waals surface area (Å²) >= 11 is 3.68. The van der Waals surface area contributed by atoms with Gasteiger partial charge in [-0.05, 0) is 12.9 Å². The lowest BCUT2D eigenvalue weighted by Crippen LogP contribution is -2.48. The van der Waals surface area contributed by atoms with Gasteiger partial charge in [0.1, 0.15) is 0 Å². The van der Waals surface area contributed by atoms with E-state index >= 15 is 0 Å². The molecule has 1 saturated heterocycles. The van der Waals surface area contributed by atoms with Gasteiger partial charge < -0.3 is 9.08 Å². The SMILES string of the molecule is CC(=O)N1CCN(CCOS)CC1. The summed E-state index contributed by atoms with van der Waals surface area (Å²) in [7, 11) is 0. The summed E-state index contributed by atoms with van der Waals surface area (Å²) in [5.74, 6) is 0.171. The molecule has 0 spiro atoms. The summed E-state index contributed by atoms with van der Waals surface area (Å²) in [5.41, 5.74) is 0. The largest absolute Gasteiger partial charge is 0.340 e. The normalized spacial score (nSPS) is 19.1. The minimum Gasteiger partial charge on any atom is -0.340 e. The first kappa shape index (κ1) is 10.8. The Kier molecular flexibility index (Phi) is 4.55. The predicted octanol–water partition coefficient (Wildman–Crippen LogP) is 0.0119. The molecule has 0 saturated carbocycles. The first-order valence-electron chi connectivity index (χ1n) is 4.48. The average molecular weight is 204 g/mol. The molecule has 1 heterocycles. The Balaban J connectivity index is 2.18. The molecule has 1 aliphatic heterocycles. The molecule has 0 radical (unpaired) electrons. The van der Waals surface area contributed by atoms with Crippen molar-refractivity contribution in [1.29, 1.82) is 0 Å². The lowest BCUT2D eigenvalue weighted by Gasteiger charge is -2.33. The highest BCUT2D eigenvalue weighted by molar-refractivity contribution is 7.75. The van der Waals surface area contributed by atoms with Crippen LogP contribution in [0.15, 0.2) is 0 Å². The van der Waals surface area contributed by atoms with Gasteiger partial charge in [0.15, 0.2) is 0 Å². The van der Waals surface area contributed by atoms with Crippen LogP contribution in [0.25, 0.3) is 0 Å². The van der Waals surface area contributed by atoms with E-state index < -0.39 is 0 Å². The minimum atomic E-state index is 0.171. The monoisotopic (exact) mass is 204 g/mol. The molecule has 13 heavy (non-hydrogen) atoms. The van der Waals surface area contributed by atoms with Gasteiger partial charge in [0.05, 0.1) is 6.61 Å². The van der Waals surface area contributed by atoms with Crippen LogP contribution in [0.1, 0.15) is 6.92 Å². The highest BCUT2D eigenvalue weighted by Gasteiger charge is 2.17. The summed E-state index contributed by atoms with van der Waals surface area (Å²) < 4.78 is 4.69. The first-order chi connectivity index (χ1) is 6.24. The molecule has 0 N–H and O–H groups in total. The molecule has 0 aromatic carbocycles. The number of piperazine rings is 1. The van der Waals surface area contributed by atoms with Crippen LogP contribution in [-0.4, -0.2) is 55.0 Å². The quantitative estimate of drug-likeness (QED) is 0.519. The molecule has 0 aromatic rings. The van der Waals surface area contributed by atoms with Crippen molar-refractivity contribution in [2.45, 2.75) is 6.92 Å². The summed E-state index contributed by atoms with van der Waals surface area (Å²) in [5, 5.41) is 0. The van der Waals surface area contributed by atoms with Crippen molar-refractivity contribution in [2.24, 2.45) is 0 Å². The van der Waals surface area contributed by atoms with Crippen LogP contribution >= 0.6 is 12.9 Å². The Morgan fingerprint density at radius 3 is 2.46 bits per heavy atom. The van der Waals surface area contributed by atoms with Gasteiger partial charge in [-0.1, -0.05) is 0 Å². The van der Waals surface area contributed by atoms with Crippen molar-refractivity contribution in [3.05, 3.63) is 0 Å². The van der Waals surface area contributed by atoms with E-state index in [-0.39, 0.29) is 5.91 Å². The van der Waals surface area contributed by atoms with E-state index in [2.05, 4.69) is 17.8 Å². The third kappa shape index (κ3) is 3.54. The highest BCUT2D eigenvalue weighted by atomic mass is 32.1. The van der Waals surface area contributed by atoms with E-state index in [0.29, 0.717) is 6.61 Å². The lowest BCUT2D eigenvalue weighted by molar-refractivity contribution is -0.130. The van der Waals surface area contributed by atoms with Crippen LogP contribution < -0.4 is 0 Å². The molecule has 0 unspecified atom stereocenters. The fourth-order valence-electron chi connectivity index (χ4n) is 1.46. The van der Waals surface area contributed by atoms with Gasteiger partial charge in [-0.15, -0.1) is 0 Å². The van der Waals surface area contributed by atoms with E-state index in [9.17, 15) is 4.79 Å².